The summed E-state index contributed by atoms with van der Waals surface area (Å²) in [6.07, 6.45) is 1.86. The standard InChI is InChI=1S/C11H19NO3S/c12-5-11(6-13)1-7-8(2-11)10-4-16(14,15)3-9(7)10/h7-10,13H,1-6,12H2. The van der Waals surface area contributed by atoms with Crippen LogP contribution in [0.15, 0.2) is 0 Å². The fourth-order valence-electron chi connectivity index (χ4n) is 4.32. The molecule has 4 nitrogen and oxygen atoms in total. The molecular formula is C11H19NO3S. The number of hydrogen-bond acceptors (Lipinski definition) is 4. The number of sulfone groups is 1. The number of aliphatic hydroxyl groups is 1. The fraction of sp³-hybridized carbons (Fsp3) is 1.00. The summed E-state index contributed by atoms with van der Waals surface area (Å²) in [6, 6.07) is 0. The highest BCUT2D eigenvalue weighted by molar-refractivity contribution is 7.91. The molecule has 0 aromatic carbocycles. The highest BCUT2D eigenvalue weighted by Crippen LogP contribution is 2.63. The summed E-state index contributed by atoms with van der Waals surface area (Å²) >= 11 is 0. The van der Waals surface area contributed by atoms with Crippen LogP contribution in [0.25, 0.3) is 0 Å². The Morgan fingerprint density at radius 3 is 2.00 bits per heavy atom. The Bertz CT molecular complexity index is 373. The topological polar surface area (TPSA) is 80.4 Å². The van der Waals surface area contributed by atoms with Crippen molar-refractivity contribution in [2.75, 3.05) is 24.7 Å². The Balaban J connectivity index is 1.80. The smallest absolute Gasteiger partial charge is 0.150 e. The van der Waals surface area contributed by atoms with Gasteiger partial charge in [-0.05, 0) is 36.5 Å². The second-order valence-electron chi connectivity index (χ2n) is 6.00. The second-order valence-corrected chi connectivity index (χ2v) is 8.16. The number of aliphatic hydroxyl groups excluding tert-OH is 1. The van der Waals surface area contributed by atoms with Crippen molar-refractivity contribution in [1.29, 1.82) is 0 Å². The van der Waals surface area contributed by atoms with E-state index in [4.69, 9.17) is 5.73 Å². The summed E-state index contributed by atoms with van der Waals surface area (Å²) in [6.45, 7) is 0.686. The van der Waals surface area contributed by atoms with Crippen LogP contribution in [0.2, 0.25) is 0 Å². The van der Waals surface area contributed by atoms with Gasteiger partial charge in [0.25, 0.3) is 0 Å². The van der Waals surface area contributed by atoms with Crippen molar-refractivity contribution in [3.05, 3.63) is 0 Å². The number of rotatable bonds is 2. The van der Waals surface area contributed by atoms with Crippen LogP contribution in [0, 0.1) is 29.1 Å². The predicted molar refractivity (Wildman–Crippen MR) is 60.4 cm³/mol. The van der Waals surface area contributed by atoms with E-state index in [0.29, 0.717) is 41.7 Å². The summed E-state index contributed by atoms with van der Waals surface area (Å²) in [5.41, 5.74) is 5.65. The van der Waals surface area contributed by atoms with Crippen molar-refractivity contribution in [2.24, 2.45) is 34.8 Å². The first kappa shape index (κ1) is 11.0. The molecule has 3 N–H and O–H groups in total. The molecular weight excluding hydrogens is 226 g/mol. The van der Waals surface area contributed by atoms with E-state index in [1.165, 1.54) is 0 Å². The normalized spacial score (nSPS) is 53.1. The monoisotopic (exact) mass is 245 g/mol. The maximum atomic E-state index is 11.5. The van der Waals surface area contributed by atoms with Gasteiger partial charge in [0.1, 0.15) is 0 Å². The minimum atomic E-state index is -2.77. The third-order valence-electron chi connectivity index (χ3n) is 5.20. The summed E-state index contributed by atoms with van der Waals surface area (Å²) < 4.78 is 23.1. The highest BCUT2D eigenvalue weighted by Gasteiger charge is 2.63. The van der Waals surface area contributed by atoms with Crippen LogP contribution in [0.4, 0.5) is 0 Å². The molecule has 16 heavy (non-hydrogen) atoms. The van der Waals surface area contributed by atoms with E-state index in [9.17, 15) is 13.5 Å². The molecule has 0 bridgehead atoms. The highest BCUT2D eigenvalue weighted by atomic mass is 32.2. The quantitative estimate of drug-likeness (QED) is 0.695. The van der Waals surface area contributed by atoms with Gasteiger partial charge in [-0.2, -0.15) is 0 Å². The molecule has 4 unspecified atom stereocenters. The van der Waals surface area contributed by atoms with E-state index in [2.05, 4.69) is 0 Å². The van der Waals surface area contributed by atoms with Crippen LogP contribution in [0.1, 0.15) is 12.8 Å². The van der Waals surface area contributed by atoms with E-state index in [1.54, 1.807) is 0 Å². The maximum Gasteiger partial charge on any atom is 0.150 e. The van der Waals surface area contributed by atoms with Gasteiger partial charge in [-0.25, -0.2) is 8.42 Å². The van der Waals surface area contributed by atoms with Gasteiger partial charge in [0.05, 0.1) is 11.5 Å². The van der Waals surface area contributed by atoms with Gasteiger partial charge in [-0.3, -0.25) is 0 Å². The summed E-state index contributed by atoms with van der Waals surface area (Å²) in [5.74, 6) is 2.52. The predicted octanol–water partition coefficient (Wildman–Crippen LogP) is -0.376. The van der Waals surface area contributed by atoms with E-state index in [-0.39, 0.29) is 12.0 Å². The second kappa shape index (κ2) is 3.21. The Morgan fingerprint density at radius 2 is 1.62 bits per heavy atom. The lowest BCUT2D eigenvalue weighted by Crippen LogP contribution is -2.42. The fourth-order valence-corrected chi connectivity index (χ4v) is 6.62. The number of nitrogens with two attached hydrogens (primary N) is 1. The molecule has 2 aliphatic carbocycles. The van der Waals surface area contributed by atoms with Crippen molar-refractivity contribution >= 4 is 9.84 Å². The van der Waals surface area contributed by atoms with Crippen LogP contribution in [-0.2, 0) is 9.84 Å². The molecule has 3 fully saturated rings. The molecule has 1 saturated heterocycles. The molecule has 5 heteroatoms. The molecule has 3 rings (SSSR count). The van der Waals surface area contributed by atoms with Gasteiger partial charge in [-0.15, -0.1) is 0 Å². The van der Waals surface area contributed by atoms with Gasteiger partial charge in [-0.1, -0.05) is 0 Å². The minimum absolute atomic E-state index is 0.108. The first-order valence-corrected chi connectivity index (χ1v) is 7.84. The summed E-state index contributed by atoms with van der Waals surface area (Å²) in [4.78, 5) is 0. The van der Waals surface area contributed by atoms with Crippen LogP contribution in [-0.4, -0.2) is 38.2 Å². The van der Waals surface area contributed by atoms with Crippen LogP contribution in [0.3, 0.4) is 0 Å². The van der Waals surface area contributed by atoms with Crippen LogP contribution >= 0.6 is 0 Å². The van der Waals surface area contributed by atoms with Crippen molar-refractivity contribution in [3.8, 4) is 0 Å². The lowest BCUT2D eigenvalue weighted by molar-refractivity contribution is 0.0462. The zero-order chi connectivity index (χ0) is 11.6. The Kier molecular flexibility index (Phi) is 2.20. The molecule has 92 valence electrons. The van der Waals surface area contributed by atoms with Gasteiger partial charge < -0.3 is 10.8 Å². The van der Waals surface area contributed by atoms with E-state index in [1.807, 2.05) is 0 Å². The largest absolute Gasteiger partial charge is 0.396 e. The molecule has 1 aliphatic heterocycles. The van der Waals surface area contributed by atoms with Crippen molar-refractivity contribution in [1.82, 2.24) is 0 Å². The maximum absolute atomic E-state index is 11.5. The van der Waals surface area contributed by atoms with Gasteiger partial charge in [0.15, 0.2) is 9.84 Å². The average Bonchev–Trinajstić information content (AvgIpc) is 2.73. The Morgan fingerprint density at radius 1 is 1.12 bits per heavy atom. The summed E-state index contributed by atoms with van der Waals surface area (Å²) in [7, 11) is -2.77. The zero-order valence-corrected chi connectivity index (χ0v) is 10.1. The Hall–Kier alpha value is -0.130. The lowest BCUT2D eigenvalue weighted by atomic mass is 9.60. The first-order valence-electron chi connectivity index (χ1n) is 6.02. The zero-order valence-electron chi connectivity index (χ0n) is 9.30. The molecule has 4 atom stereocenters. The molecule has 0 amide bonds. The number of hydrogen-bond donors (Lipinski definition) is 2. The molecule has 0 radical (unpaired) electrons. The first-order chi connectivity index (χ1) is 7.50. The van der Waals surface area contributed by atoms with Gasteiger partial charge in [0.2, 0.25) is 0 Å². The van der Waals surface area contributed by atoms with Gasteiger partial charge in [0, 0.05) is 18.6 Å². The molecule has 0 aromatic heterocycles. The van der Waals surface area contributed by atoms with Gasteiger partial charge >= 0.3 is 0 Å². The number of fused-ring (bicyclic) bond motifs is 4. The SMILES string of the molecule is NCC1(CO)CC2C(C1)C1CS(=O)(=O)CC21. The van der Waals surface area contributed by atoms with Crippen LogP contribution in [0.5, 0.6) is 0 Å². The third-order valence-corrected chi connectivity index (χ3v) is 6.98. The average molecular weight is 245 g/mol. The molecule has 0 aromatic rings. The van der Waals surface area contributed by atoms with Crippen molar-refractivity contribution in [2.45, 2.75) is 12.8 Å². The molecule has 3 aliphatic rings. The lowest BCUT2D eigenvalue weighted by Gasteiger charge is -2.44. The molecule has 2 saturated carbocycles. The molecule has 1 heterocycles. The third kappa shape index (κ3) is 1.31. The minimum Gasteiger partial charge on any atom is -0.396 e. The van der Waals surface area contributed by atoms with Crippen molar-refractivity contribution in [3.63, 3.8) is 0 Å². The molecule has 0 spiro atoms. The van der Waals surface area contributed by atoms with E-state index >= 15 is 0 Å². The summed E-state index contributed by atoms with van der Waals surface area (Å²) in [5, 5.41) is 9.45. The van der Waals surface area contributed by atoms with E-state index < -0.39 is 9.84 Å². The Labute approximate surface area is 96.1 Å². The van der Waals surface area contributed by atoms with E-state index in [0.717, 1.165) is 12.8 Å². The van der Waals surface area contributed by atoms with Crippen LogP contribution < -0.4 is 5.73 Å². The van der Waals surface area contributed by atoms with Crippen molar-refractivity contribution < 1.29 is 13.5 Å².